The van der Waals surface area contributed by atoms with Gasteiger partial charge in [-0.15, -0.1) is 11.3 Å². The molecule has 0 spiro atoms. The molecule has 0 aromatic carbocycles. The van der Waals surface area contributed by atoms with E-state index in [1.54, 1.807) is 17.4 Å². The lowest BCUT2D eigenvalue weighted by Crippen LogP contribution is -2.27. The van der Waals surface area contributed by atoms with Gasteiger partial charge in [-0.1, -0.05) is 19.0 Å². The lowest BCUT2D eigenvalue weighted by molar-refractivity contribution is 0.286. The van der Waals surface area contributed by atoms with E-state index < -0.39 is 0 Å². The number of hydrogen-bond acceptors (Lipinski definition) is 7. The molecule has 3 aromatic rings. The molecule has 1 N–H and O–H groups in total. The Morgan fingerprint density at radius 1 is 1.35 bits per heavy atom. The highest BCUT2D eigenvalue weighted by Crippen LogP contribution is 2.20. The first-order valence-electron chi connectivity index (χ1n) is 7.46. The largest absolute Gasteiger partial charge is 0.338 e. The molecule has 8 heteroatoms. The van der Waals surface area contributed by atoms with Crippen molar-refractivity contribution in [3.8, 4) is 0 Å². The van der Waals surface area contributed by atoms with E-state index in [1.807, 2.05) is 12.3 Å². The predicted octanol–water partition coefficient (Wildman–Crippen LogP) is 2.24. The van der Waals surface area contributed by atoms with E-state index in [4.69, 9.17) is 4.52 Å². The van der Waals surface area contributed by atoms with Crippen LogP contribution in [0, 0.1) is 19.8 Å². The van der Waals surface area contributed by atoms with Gasteiger partial charge in [0.2, 0.25) is 5.89 Å². The van der Waals surface area contributed by atoms with Crippen LogP contribution in [0.15, 0.2) is 20.8 Å². The molecule has 3 aromatic heterocycles. The summed E-state index contributed by atoms with van der Waals surface area (Å²) in [5.74, 6) is 1.44. The second-order valence-corrected chi connectivity index (χ2v) is 6.70. The molecule has 0 radical (unpaired) electrons. The third-order valence-corrected chi connectivity index (χ3v) is 4.55. The van der Waals surface area contributed by atoms with Gasteiger partial charge >= 0.3 is 0 Å². The zero-order chi connectivity index (χ0) is 16.6. The summed E-state index contributed by atoms with van der Waals surface area (Å²) in [5, 5.41) is 9.13. The van der Waals surface area contributed by atoms with Gasteiger partial charge in [0.15, 0.2) is 10.8 Å². The number of nitrogens with one attached hydrogen (secondary N) is 1. The Kier molecular flexibility index (Phi) is 4.27. The fourth-order valence-corrected chi connectivity index (χ4v) is 3.34. The van der Waals surface area contributed by atoms with Gasteiger partial charge in [-0.25, -0.2) is 4.98 Å². The van der Waals surface area contributed by atoms with Crippen LogP contribution in [0.5, 0.6) is 0 Å². The molecule has 1 unspecified atom stereocenters. The highest BCUT2D eigenvalue weighted by Gasteiger charge is 2.21. The van der Waals surface area contributed by atoms with Gasteiger partial charge in [0.25, 0.3) is 5.56 Å². The lowest BCUT2D eigenvalue weighted by atomic mass is 10.0. The Hall–Kier alpha value is -2.06. The minimum atomic E-state index is -0.0819. The monoisotopic (exact) mass is 333 g/mol. The number of hydrogen-bond donors (Lipinski definition) is 1. The number of thiazole rings is 1. The molecule has 3 rings (SSSR count). The van der Waals surface area contributed by atoms with E-state index >= 15 is 0 Å². The summed E-state index contributed by atoms with van der Waals surface area (Å²) in [6.45, 7) is 8.31. The summed E-state index contributed by atoms with van der Waals surface area (Å²) in [6, 6.07) is 1.48. The Labute approximate surface area is 137 Å². The smallest absolute Gasteiger partial charge is 0.259 e. The molecule has 122 valence electrons. The molecule has 0 amide bonds. The molecule has 0 fully saturated rings. The molecular weight excluding hydrogens is 314 g/mol. The minimum Gasteiger partial charge on any atom is -0.338 e. The van der Waals surface area contributed by atoms with Crippen LogP contribution in [0.2, 0.25) is 0 Å². The van der Waals surface area contributed by atoms with Crippen molar-refractivity contribution in [1.29, 1.82) is 0 Å². The second-order valence-electron chi connectivity index (χ2n) is 5.86. The van der Waals surface area contributed by atoms with E-state index in [0.717, 1.165) is 5.69 Å². The summed E-state index contributed by atoms with van der Waals surface area (Å²) in [6.07, 6.45) is 0. The molecule has 0 aliphatic heterocycles. The topological polar surface area (TPSA) is 85.3 Å². The van der Waals surface area contributed by atoms with E-state index in [1.165, 1.54) is 11.3 Å². The maximum absolute atomic E-state index is 12.2. The van der Waals surface area contributed by atoms with E-state index in [9.17, 15) is 4.79 Å². The Balaban J connectivity index is 1.82. The quantitative estimate of drug-likeness (QED) is 0.771. The van der Waals surface area contributed by atoms with E-state index in [0.29, 0.717) is 28.9 Å². The van der Waals surface area contributed by atoms with E-state index in [-0.39, 0.29) is 17.5 Å². The maximum Gasteiger partial charge on any atom is 0.259 e. The summed E-state index contributed by atoms with van der Waals surface area (Å²) < 4.78 is 6.89. The zero-order valence-corrected chi connectivity index (χ0v) is 14.3. The first-order chi connectivity index (χ1) is 11.0. The van der Waals surface area contributed by atoms with Crippen molar-refractivity contribution in [2.75, 3.05) is 0 Å². The van der Waals surface area contributed by atoms with Crippen LogP contribution in [0.25, 0.3) is 4.96 Å². The molecule has 23 heavy (non-hydrogen) atoms. The third kappa shape index (κ3) is 3.18. The molecule has 0 bridgehead atoms. The van der Waals surface area contributed by atoms with Gasteiger partial charge in [0.1, 0.15) is 0 Å². The van der Waals surface area contributed by atoms with Crippen molar-refractivity contribution in [1.82, 2.24) is 24.8 Å². The Morgan fingerprint density at radius 3 is 2.78 bits per heavy atom. The molecule has 0 aliphatic carbocycles. The molecule has 1 atom stereocenters. The van der Waals surface area contributed by atoms with Crippen LogP contribution >= 0.6 is 11.3 Å². The van der Waals surface area contributed by atoms with Crippen molar-refractivity contribution in [2.24, 2.45) is 5.92 Å². The minimum absolute atomic E-state index is 0.0553. The van der Waals surface area contributed by atoms with Crippen molar-refractivity contribution in [3.05, 3.63) is 44.9 Å². The highest BCUT2D eigenvalue weighted by atomic mass is 32.1. The predicted molar refractivity (Wildman–Crippen MR) is 87.5 cm³/mol. The summed E-state index contributed by atoms with van der Waals surface area (Å²) >= 11 is 1.47. The Morgan fingerprint density at radius 2 is 2.13 bits per heavy atom. The van der Waals surface area contributed by atoms with Gasteiger partial charge in [-0.3, -0.25) is 14.5 Å². The SMILES string of the molecule is Cc1noc(C(NCc2cc(=O)n3c(C)csc3n2)C(C)C)n1. The maximum atomic E-state index is 12.2. The standard InChI is InChI=1S/C15H19N5O2S/c1-8(2)13(14-17-10(4)19-22-14)16-6-11-5-12(21)20-9(3)7-23-15(20)18-11/h5,7-8,13,16H,6H2,1-4H3. The summed E-state index contributed by atoms with van der Waals surface area (Å²) in [5.41, 5.74) is 1.56. The molecule has 3 heterocycles. The summed E-state index contributed by atoms with van der Waals surface area (Å²) in [4.78, 5) is 21.7. The fraction of sp³-hybridized carbons (Fsp3) is 0.467. The third-order valence-electron chi connectivity index (χ3n) is 3.61. The van der Waals surface area contributed by atoms with Crippen LogP contribution in [0.4, 0.5) is 0 Å². The zero-order valence-electron chi connectivity index (χ0n) is 13.5. The molecule has 7 nitrogen and oxygen atoms in total. The fourth-order valence-electron chi connectivity index (χ4n) is 2.45. The van der Waals surface area contributed by atoms with Crippen LogP contribution in [-0.4, -0.2) is 19.5 Å². The number of fused-ring (bicyclic) bond motifs is 1. The van der Waals surface area contributed by atoms with Gasteiger partial charge in [0, 0.05) is 23.7 Å². The van der Waals surface area contributed by atoms with Gasteiger partial charge in [-0.2, -0.15) is 4.98 Å². The number of nitrogens with zero attached hydrogens (tertiary/aromatic N) is 4. The molecule has 0 saturated heterocycles. The van der Waals surface area contributed by atoms with Crippen molar-refractivity contribution >= 4 is 16.3 Å². The lowest BCUT2D eigenvalue weighted by Gasteiger charge is -2.18. The highest BCUT2D eigenvalue weighted by molar-refractivity contribution is 7.15. The van der Waals surface area contributed by atoms with Gasteiger partial charge in [0.05, 0.1) is 11.7 Å². The van der Waals surface area contributed by atoms with Crippen molar-refractivity contribution < 1.29 is 4.52 Å². The number of rotatable bonds is 5. The molecule has 0 saturated carbocycles. The Bertz CT molecular complexity index is 880. The first kappa shape index (κ1) is 15.8. The van der Waals surface area contributed by atoms with Crippen LogP contribution in [-0.2, 0) is 6.54 Å². The van der Waals surface area contributed by atoms with Gasteiger partial charge in [-0.05, 0) is 19.8 Å². The number of aromatic nitrogens is 4. The van der Waals surface area contributed by atoms with Crippen molar-refractivity contribution in [3.63, 3.8) is 0 Å². The normalized spacial score (nSPS) is 13.1. The summed E-state index contributed by atoms with van der Waals surface area (Å²) in [7, 11) is 0. The van der Waals surface area contributed by atoms with Gasteiger partial charge < -0.3 is 4.52 Å². The molecular formula is C15H19N5O2S. The van der Waals surface area contributed by atoms with Crippen LogP contribution in [0.3, 0.4) is 0 Å². The van der Waals surface area contributed by atoms with Crippen LogP contribution < -0.4 is 10.9 Å². The average molecular weight is 333 g/mol. The average Bonchev–Trinajstić information content (AvgIpc) is 3.06. The second kappa shape index (κ2) is 6.21. The number of aryl methyl sites for hydroxylation is 2. The first-order valence-corrected chi connectivity index (χ1v) is 8.34. The van der Waals surface area contributed by atoms with Crippen LogP contribution in [0.1, 0.15) is 43.0 Å². The molecule has 0 aliphatic rings. The van der Waals surface area contributed by atoms with Crippen molar-refractivity contribution in [2.45, 2.75) is 40.3 Å². The van der Waals surface area contributed by atoms with E-state index in [2.05, 4.69) is 34.3 Å².